The maximum Gasteiger partial charge on any atom is 0.315 e. The minimum atomic E-state index is -0.381. The number of rotatable bonds is 5. The molecule has 0 N–H and O–H groups in total. The van der Waals surface area contributed by atoms with Crippen molar-refractivity contribution in [1.29, 1.82) is 0 Å². The zero-order valence-electron chi connectivity index (χ0n) is 11.0. The van der Waals surface area contributed by atoms with Crippen LogP contribution in [0.4, 0.5) is 0 Å². The summed E-state index contributed by atoms with van der Waals surface area (Å²) in [5.41, 5.74) is 1.34. The Morgan fingerprint density at radius 1 is 1.10 bits per heavy atom. The Morgan fingerprint density at radius 2 is 1.85 bits per heavy atom. The van der Waals surface area contributed by atoms with Crippen LogP contribution in [0.25, 0.3) is 0 Å². The van der Waals surface area contributed by atoms with Crippen LogP contribution in [0.5, 0.6) is 11.5 Å². The number of aldehydes is 1. The fraction of sp³-hybridized carbons (Fsp3) is 0.125. The number of carbonyl (C=O) groups is 2. The highest BCUT2D eigenvalue weighted by Gasteiger charge is 2.11. The van der Waals surface area contributed by atoms with E-state index >= 15 is 0 Å². The molecule has 0 heterocycles. The number of hydrogen-bond acceptors (Lipinski definition) is 4. The van der Waals surface area contributed by atoms with Gasteiger partial charge in [-0.3, -0.25) is 9.59 Å². The third-order valence-corrected chi connectivity index (χ3v) is 2.74. The molecule has 0 saturated carbocycles. The van der Waals surface area contributed by atoms with E-state index in [1.165, 1.54) is 13.2 Å². The predicted octanol–water partition coefficient (Wildman–Crippen LogP) is 2.66. The quantitative estimate of drug-likeness (QED) is 0.476. The monoisotopic (exact) mass is 270 g/mol. The fourth-order valence-corrected chi connectivity index (χ4v) is 1.76. The smallest absolute Gasteiger partial charge is 0.315 e. The highest BCUT2D eigenvalue weighted by molar-refractivity contribution is 5.79. The largest absolute Gasteiger partial charge is 0.493 e. The Labute approximate surface area is 116 Å². The van der Waals surface area contributed by atoms with Crippen LogP contribution in [0.3, 0.4) is 0 Å². The molecule has 0 aliphatic rings. The molecular formula is C16H14O4. The van der Waals surface area contributed by atoms with Crippen LogP contribution < -0.4 is 9.47 Å². The number of hydrogen-bond donors (Lipinski definition) is 0. The molecule has 2 aromatic rings. The number of methoxy groups -OCH3 is 1. The van der Waals surface area contributed by atoms with E-state index in [4.69, 9.17) is 9.47 Å². The Hall–Kier alpha value is -2.62. The Balaban J connectivity index is 2.09. The van der Waals surface area contributed by atoms with Crippen LogP contribution in [-0.4, -0.2) is 19.4 Å². The summed E-state index contributed by atoms with van der Waals surface area (Å²) in [7, 11) is 1.46. The van der Waals surface area contributed by atoms with Gasteiger partial charge in [0.2, 0.25) is 0 Å². The predicted molar refractivity (Wildman–Crippen MR) is 74.2 cm³/mol. The van der Waals surface area contributed by atoms with Gasteiger partial charge >= 0.3 is 5.97 Å². The van der Waals surface area contributed by atoms with Gasteiger partial charge in [-0.2, -0.15) is 0 Å². The minimum absolute atomic E-state index is 0.180. The number of ether oxygens (including phenoxy) is 2. The summed E-state index contributed by atoms with van der Waals surface area (Å²) in [6, 6.07) is 14.0. The third kappa shape index (κ3) is 3.45. The van der Waals surface area contributed by atoms with Crippen LogP contribution in [0, 0.1) is 0 Å². The molecule has 4 nitrogen and oxygen atoms in total. The molecule has 0 aliphatic heterocycles. The lowest BCUT2D eigenvalue weighted by molar-refractivity contribution is -0.133. The van der Waals surface area contributed by atoms with Crippen molar-refractivity contribution in [2.24, 2.45) is 0 Å². The molecule has 2 aromatic carbocycles. The molecule has 4 heteroatoms. The number of carbonyl (C=O) groups excluding carboxylic acids is 2. The lowest BCUT2D eigenvalue weighted by Crippen LogP contribution is -2.11. The van der Waals surface area contributed by atoms with Gasteiger partial charge in [-0.05, 0) is 23.8 Å². The standard InChI is InChI=1S/C16H14O4/c1-19-15-9-13(11-17)7-8-14(15)20-16(18)10-12-5-3-2-4-6-12/h2-9,11H,10H2,1H3. The second-order valence-electron chi connectivity index (χ2n) is 4.16. The van der Waals surface area contributed by atoms with Crippen LogP contribution in [0.15, 0.2) is 48.5 Å². The maximum atomic E-state index is 11.9. The molecule has 0 bridgehead atoms. The second-order valence-corrected chi connectivity index (χ2v) is 4.16. The highest BCUT2D eigenvalue weighted by Crippen LogP contribution is 2.27. The van der Waals surface area contributed by atoms with Gasteiger partial charge in [0.15, 0.2) is 11.5 Å². The first-order valence-electron chi connectivity index (χ1n) is 6.10. The molecule has 0 amide bonds. The van der Waals surface area contributed by atoms with Crippen LogP contribution in [0.2, 0.25) is 0 Å². The normalized spacial score (nSPS) is 9.85. The van der Waals surface area contributed by atoms with E-state index < -0.39 is 0 Å². The van der Waals surface area contributed by atoms with Crippen molar-refractivity contribution in [1.82, 2.24) is 0 Å². The molecular weight excluding hydrogens is 256 g/mol. The molecule has 0 atom stereocenters. The first-order chi connectivity index (χ1) is 9.72. The average molecular weight is 270 g/mol. The first-order valence-corrected chi connectivity index (χ1v) is 6.10. The van der Waals surface area contributed by atoms with Gasteiger partial charge in [0.1, 0.15) is 6.29 Å². The topological polar surface area (TPSA) is 52.6 Å². The van der Waals surface area contributed by atoms with E-state index in [-0.39, 0.29) is 12.4 Å². The van der Waals surface area contributed by atoms with E-state index in [0.29, 0.717) is 23.3 Å². The van der Waals surface area contributed by atoms with Gasteiger partial charge in [0.05, 0.1) is 13.5 Å². The van der Waals surface area contributed by atoms with Gasteiger partial charge in [-0.1, -0.05) is 30.3 Å². The molecule has 20 heavy (non-hydrogen) atoms. The summed E-state index contributed by atoms with van der Waals surface area (Å²) >= 11 is 0. The summed E-state index contributed by atoms with van der Waals surface area (Å²) in [5, 5.41) is 0. The van der Waals surface area contributed by atoms with Crippen molar-refractivity contribution in [2.75, 3.05) is 7.11 Å². The SMILES string of the molecule is COc1cc(C=O)ccc1OC(=O)Cc1ccccc1. The van der Waals surface area contributed by atoms with Gasteiger partial charge in [0.25, 0.3) is 0 Å². The van der Waals surface area contributed by atoms with E-state index in [1.54, 1.807) is 12.1 Å². The zero-order chi connectivity index (χ0) is 14.4. The number of benzene rings is 2. The Bertz CT molecular complexity index is 605. The highest BCUT2D eigenvalue weighted by atomic mass is 16.6. The third-order valence-electron chi connectivity index (χ3n) is 2.74. The second kappa shape index (κ2) is 6.52. The van der Waals surface area contributed by atoms with Crippen molar-refractivity contribution < 1.29 is 19.1 Å². The summed E-state index contributed by atoms with van der Waals surface area (Å²) in [4.78, 5) is 22.5. The molecule has 102 valence electrons. The molecule has 2 rings (SSSR count). The first kappa shape index (κ1) is 13.8. The Kier molecular flexibility index (Phi) is 4.50. The zero-order valence-corrected chi connectivity index (χ0v) is 11.0. The maximum absolute atomic E-state index is 11.9. The van der Waals surface area contributed by atoms with Gasteiger partial charge in [0, 0.05) is 5.56 Å². The van der Waals surface area contributed by atoms with Crippen LogP contribution in [-0.2, 0) is 11.2 Å². The summed E-state index contributed by atoms with van der Waals surface area (Å²) < 4.78 is 10.4. The van der Waals surface area contributed by atoms with Gasteiger partial charge in [-0.15, -0.1) is 0 Å². The Morgan fingerprint density at radius 3 is 2.50 bits per heavy atom. The van der Waals surface area contributed by atoms with E-state index in [1.807, 2.05) is 30.3 Å². The van der Waals surface area contributed by atoms with Crippen LogP contribution >= 0.6 is 0 Å². The fourth-order valence-electron chi connectivity index (χ4n) is 1.76. The van der Waals surface area contributed by atoms with Gasteiger partial charge < -0.3 is 9.47 Å². The van der Waals surface area contributed by atoms with Crippen molar-refractivity contribution in [2.45, 2.75) is 6.42 Å². The number of esters is 1. The van der Waals surface area contributed by atoms with Crippen molar-refractivity contribution >= 4 is 12.3 Å². The summed E-state index contributed by atoms with van der Waals surface area (Å²) in [6.45, 7) is 0. The lowest BCUT2D eigenvalue weighted by atomic mass is 10.1. The van der Waals surface area contributed by atoms with Gasteiger partial charge in [-0.25, -0.2) is 0 Å². The van der Waals surface area contributed by atoms with Crippen molar-refractivity contribution in [3.05, 3.63) is 59.7 Å². The lowest BCUT2D eigenvalue weighted by Gasteiger charge is -2.09. The molecule has 0 aliphatic carbocycles. The van der Waals surface area contributed by atoms with E-state index in [9.17, 15) is 9.59 Å². The summed E-state index contributed by atoms with van der Waals surface area (Å²) in [5.74, 6) is 0.281. The van der Waals surface area contributed by atoms with Crippen molar-refractivity contribution in [3.8, 4) is 11.5 Å². The minimum Gasteiger partial charge on any atom is -0.493 e. The van der Waals surface area contributed by atoms with Crippen LogP contribution in [0.1, 0.15) is 15.9 Å². The van der Waals surface area contributed by atoms with E-state index in [0.717, 1.165) is 5.56 Å². The van der Waals surface area contributed by atoms with E-state index in [2.05, 4.69) is 0 Å². The van der Waals surface area contributed by atoms with Crippen molar-refractivity contribution in [3.63, 3.8) is 0 Å². The average Bonchev–Trinajstić information content (AvgIpc) is 2.48. The molecule has 0 unspecified atom stereocenters. The summed E-state index contributed by atoms with van der Waals surface area (Å²) in [6.07, 6.45) is 0.886. The molecule has 0 fully saturated rings. The molecule has 0 aromatic heterocycles. The molecule has 0 saturated heterocycles. The molecule has 0 spiro atoms. The molecule has 0 radical (unpaired) electrons.